The molecule has 13 heavy (non-hydrogen) atoms. The van der Waals surface area contributed by atoms with Crippen LogP contribution in [0, 0.1) is 0 Å². The fourth-order valence-corrected chi connectivity index (χ4v) is 1.88. The first kappa shape index (κ1) is 13.0. The van der Waals surface area contributed by atoms with Gasteiger partial charge in [-0.3, -0.25) is 0 Å². The summed E-state index contributed by atoms with van der Waals surface area (Å²) in [6.45, 7) is 0. The minimum atomic E-state index is -2.11. The molecule has 9 heteroatoms. The summed E-state index contributed by atoms with van der Waals surface area (Å²) in [6.07, 6.45) is 0. The van der Waals surface area contributed by atoms with Gasteiger partial charge in [-0.25, -0.2) is 0 Å². The van der Waals surface area contributed by atoms with Gasteiger partial charge in [-0.15, -0.1) is 0 Å². The van der Waals surface area contributed by atoms with Crippen LogP contribution in [0.15, 0.2) is 0 Å². The van der Waals surface area contributed by atoms with E-state index in [-0.39, 0.29) is 0 Å². The topological polar surface area (TPSA) is 18.5 Å². The van der Waals surface area contributed by atoms with Crippen molar-refractivity contribution in [2.24, 2.45) is 0 Å². The summed E-state index contributed by atoms with van der Waals surface area (Å²) in [7, 11) is 0. The maximum atomic E-state index is 5.54. The first-order valence-electron chi connectivity index (χ1n) is 2.74. The third-order valence-corrected chi connectivity index (χ3v) is 4.07. The molecule has 0 bridgehead atoms. The molecule has 1 aliphatic rings. The van der Waals surface area contributed by atoms with Gasteiger partial charge in [0.05, 0.1) is 0 Å². The fraction of sp³-hybridized carbons (Fsp3) is 1.00. The van der Waals surface area contributed by atoms with Crippen molar-refractivity contribution >= 4 is 81.2 Å². The van der Waals surface area contributed by atoms with E-state index in [4.69, 9.17) is 90.7 Å². The van der Waals surface area contributed by atoms with Gasteiger partial charge in [0.15, 0.2) is 5.56 Å². The summed E-state index contributed by atoms with van der Waals surface area (Å²) in [5, 5.41) is 0. The van der Waals surface area contributed by atoms with E-state index < -0.39 is 19.1 Å². The minimum absolute atomic E-state index is 1.29. The number of ether oxygens (including phenoxy) is 2. The third kappa shape index (κ3) is 2.55. The molecule has 1 saturated heterocycles. The number of hydrogen-bond acceptors (Lipinski definition) is 2. The van der Waals surface area contributed by atoms with E-state index in [1.807, 2.05) is 0 Å². The van der Waals surface area contributed by atoms with Crippen LogP contribution >= 0.6 is 81.2 Å². The van der Waals surface area contributed by atoms with Gasteiger partial charge in [0.2, 0.25) is 0 Å². The predicted octanol–water partition coefficient (Wildman–Crippen LogP) is 3.99. The molecule has 1 atom stereocenters. The largest absolute Gasteiger partial charge is 0.317 e. The Morgan fingerprint density at radius 1 is 0.846 bits per heavy atom. The highest BCUT2D eigenvalue weighted by Crippen LogP contribution is 2.55. The van der Waals surface area contributed by atoms with Crippen LogP contribution in [0.1, 0.15) is 0 Å². The summed E-state index contributed by atoms with van der Waals surface area (Å²) >= 11 is 38.7. The van der Waals surface area contributed by atoms with Gasteiger partial charge in [0.25, 0.3) is 13.6 Å². The van der Waals surface area contributed by atoms with Crippen LogP contribution in [-0.4, -0.2) is 19.1 Å². The zero-order valence-corrected chi connectivity index (χ0v) is 10.8. The molecule has 0 aliphatic carbocycles. The lowest BCUT2D eigenvalue weighted by Crippen LogP contribution is -2.56. The maximum Gasteiger partial charge on any atom is 0.279 e. The predicted molar refractivity (Wildman–Crippen MR) is 55.1 cm³/mol. The SMILES string of the molecule is Cl[C@H]1OC(Cl)(Cl)C(Cl)(Cl)OC1(Cl)Cl. The summed E-state index contributed by atoms with van der Waals surface area (Å²) in [6, 6.07) is 0. The number of rotatable bonds is 0. The summed E-state index contributed by atoms with van der Waals surface area (Å²) in [5.74, 6) is 0. The third-order valence-electron chi connectivity index (χ3n) is 1.12. The van der Waals surface area contributed by atoms with Crippen LogP contribution in [0.3, 0.4) is 0 Å². The first-order valence-corrected chi connectivity index (χ1v) is 5.44. The van der Waals surface area contributed by atoms with Crippen molar-refractivity contribution in [3.8, 4) is 0 Å². The molecule has 78 valence electrons. The Kier molecular flexibility index (Phi) is 3.76. The standard InChI is InChI=1S/C4HCl7O2/c5-1-2(6,7)13-4(10,11)3(8,9)12-1/h1H/t1-/m0/s1. The highest BCUT2D eigenvalue weighted by Gasteiger charge is 2.62. The summed E-state index contributed by atoms with van der Waals surface area (Å²) < 4.78 is 3.41. The van der Waals surface area contributed by atoms with Gasteiger partial charge < -0.3 is 9.47 Å². The molecule has 2 nitrogen and oxygen atoms in total. The van der Waals surface area contributed by atoms with Crippen molar-refractivity contribution in [3.05, 3.63) is 0 Å². The maximum absolute atomic E-state index is 5.54. The van der Waals surface area contributed by atoms with Crippen LogP contribution in [0.25, 0.3) is 0 Å². The average molecular weight is 329 g/mol. The van der Waals surface area contributed by atoms with E-state index in [1.54, 1.807) is 0 Å². The van der Waals surface area contributed by atoms with Gasteiger partial charge in [-0.2, -0.15) is 0 Å². The quantitative estimate of drug-likeness (QED) is 0.626. The molecule has 1 aliphatic heterocycles. The Hall–Kier alpha value is 1.95. The molecule has 0 aromatic carbocycles. The molecule has 1 heterocycles. The molecule has 0 amide bonds. The lowest BCUT2D eigenvalue weighted by atomic mass is 10.6. The molecule has 0 N–H and O–H groups in total. The van der Waals surface area contributed by atoms with E-state index in [0.717, 1.165) is 0 Å². The van der Waals surface area contributed by atoms with Crippen LogP contribution in [-0.2, 0) is 9.47 Å². The highest BCUT2D eigenvalue weighted by atomic mass is 35.5. The van der Waals surface area contributed by atoms with Crippen LogP contribution < -0.4 is 0 Å². The number of alkyl halides is 7. The average Bonchev–Trinajstić information content (AvgIpc) is 1.80. The van der Waals surface area contributed by atoms with Crippen molar-refractivity contribution in [2.45, 2.75) is 19.1 Å². The fourth-order valence-electron chi connectivity index (χ4n) is 0.544. The highest BCUT2D eigenvalue weighted by molar-refractivity contribution is 6.62. The number of halogens is 7. The van der Waals surface area contributed by atoms with Gasteiger partial charge >= 0.3 is 0 Å². The van der Waals surface area contributed by atoms with Crippen molar-refractivity contribution in [3.63, 3.8) is 0 Å². The summed E-state index contributed by atoms with van der Waals surface area (Å²) in [4.78, 5) is 0. The van der Waals surface area contributed by atoms with E-state index >= 15 is 0 Å². The Balaban J connectivity index is 2.93. The number of hydrogen-bond donors (Lipinski definition) is 0. The Morgan fingerprint density at radius 3 is 1.69 bits per heavy atom. The second kappa shape index (κ2) is 3.76. The monoisotopic (exact) mass is 326 g/mol. The summed E-state index contributed by atoms with van der Waals surface area (Å²) in [5.41, 5.74) is -1.29. The van der Waals surface area contributed by atoms with Crippen molar-refractivity contribution < 1.29 is 9.47 Å². The van der Waals surface area contributed by atoms with Crippen molar-refractivity contribution in [2.75, 3.05) is 0 Å². The lowest BCUT2D eigenvalue weighted by Gasteiger charge is -2.44. The second-order valence-corrected chi connectivity index (χ2v) is 6.36. The zero-order valence-electron chi connectivity index (χ0n) is 5.54. The van der Waals surface area contributed by atoms with E-state index in [0.29, 0.717) is 0 Å². The Bertz CT molecular complexity index is 215. The molecule has 0 radical (unpaired) electrons. The van der Waals surface area contributed by atoms with Gasteiger partial charge in [0.1, 0.15) is 0 Å². The second-order valence-electron chi connectivity index (χ2n) is 2.13. The molecule has 0 unspecified atom stereocenters. The molecule has 0 spiro atoms. The lowest BCUT2D eigenvalue weighted by molar-refractivity contribution is -0.163. The Labute approximate surface area is 109 Å². The van der Waals surface area contributed by atoms with Crippen molar-refractivity contribution in [1.29, 1.82) is 0 Å². The molecule has 0 aromatic rings. The van der Waals surface area contributed by atoms with Crippen LogP contribution in [0.4, 0.5) is 0 Å². The van der Waals surface area contributed by atoms with Gasteiger partial charge in [0, 0.05) is 0 Å². The van der Waals surface area contributed by atoms with E-state index in [9.17, 15) is 0 Å². The smallest absolute Gasteiger partial charge is 0.279 e. The van der Waals surface area contributed by atoms with Gasteiger partial charge in [-0.1, -0.05) is 81.2 Å². The molecule has 1 fully saturated rings. The van der Waals surface area contributed by atoms with E-state index in [2.05, 4.69) is 0 Å². The minimum Gasteiger partial charge on any atom is -0.317 e. The molecular weight excluding hydrogens is 328 g/mol. The Morgan fingerprint density at radius 2 is 1.31 bits per heavy atom. The normalized spacial score (nSPS) is 35.8. The van der Waals surface area contributed by atoms with E-state index in [1.165, 1.54) is 0 Å². The van der Waals surface area contributed by atoms with Gasteiger partial charge in [-0.05, 0) is 0 Å². The zero-order chi connectivity index (χ0) is 10.5. The molecule has 0 saturated carbocycles. The van der Waals surface area contributed by atoms with Crippen LogP contribution in [0.2, 0.25) is 0 Å². The molecular formula is C4HCl7O2. The molecule has 1 rings (SSSR count). The van der Waals surface area contributed by atoms with Crippen molar-refractivity contribution in [1.82, 2.24) is 0 Å². The van der Waals surface area contributed by atoms with Crippen LogP contribution in [0.5, 0.6) is 0 Å². The molecule has 0 aromatic heterocycles. The first-order chi connectivity index (χ1) is 5.58.